The first-order valence-corrected chi connectivity index (χ1v) is 8.21. The third-order valence-electron chi connectivity index (χ3n) is 5.15. The number of nitrogens with one attached hydrogen (secondary N) is 2. The topological polar surface area (TPSA) is 50.4 Å². The van der Waals surface area contributed by atoms with E-state index in [2.05, 4.69) is 17.6 Å². The molecule has 1 saturated carbocycles. The van der Waals surface area contributed by atoms with E-state index in [-0.39, 0.29) is 29.8 Å². The highest BCUT2D eigenvalue weighted by Crippen LogP contribution is 2.30. The number of hydrogen-bond donors (Lipinski definition) is 2. The predicted octanol–water partition coefficient (Wildman–Crippen LogP) is 2.51. The Hall–Kier alpha value is -0.320. The van der Waals surface area contributed by atoms with Gasteiger partial charge in [0.1, 0.15) is 0 Å². The molecule has 0 aromatic rings. The first kappa shape index (κ1) is 18.7. The summed E-state index contributed by atoms with van der Waals surface area (Å²) in [5.41, 5.74) is -0.0367. The van der Waals surface area contributed by atoms with Crippen LogP contribution in [0.15, 0.2) is 0 Å². The molecule has 1 atom stereocenters. The molecule has 2 aliphatic rings. The quantitative estimate of drug-likeness (QED) is 0.791. The average Bonchev–Trinajstić information content (AvgIpc) is 2.94. The van der Waals surface area contributed by atoms with E-state index in [0.29, 0.717) is 13.2 Å². The van der Waals surface area contributed by atoms with E-state index in [9.17, 15) is 4.79 Å². The number of methoxy groups -OCH3 is 1. The van der Waals surface area contributed by atoms with E-state index in [1.807, 2.05) is 0 Å². The molecule has 2 rings (SSSR count). The van der Waals surface area contributed by atoms with Crippen molar-refractivity contribution in [3.63, 3.8) is 0 Å². The van der Waals surface area contributed by atoms with Gasteiger partial charge in [-0.05, 0) is 51.0 Å². The molecule has 4 nitrogen and oxygen atoms in total. The predicted molar refractivity (Wildman–Crippen MR) is 87.8 cm³/mol. The van der Waals surface area contributed by atoms with Crippen LogP contribution in [0.4, 0.5) is 0 Å². The number of ether oxygens (including phenoxy) is 1. The van der Waals surface area contributed by atoms with Gasteiger partial charge in [0.15, 0.2) is 0 Å². The van der Waals surface area contributed by atoms with Crippen LogP contribution in [0.1, 0.15) is 51.9 Å². The van der Waals surface area contributed by atoms with Crippen molar-refractivity contribution in [2.45, 2.75) is 57.4 Å². The summed E-state index contributed by atoms with van der Waals surface area (Å²) in [6.45, 7) is 4.66. The van der Waals surface area contributed by atoms with Crippen molar-refractivity contribution in [3.8, 4) is 0 Å². The number of hydrogen-bond acceptors (Lipinski definition) is 3. The molecule has 0 radical (unpaired) electrons. The van der Waals surface area contributed by atoms with Gasteiger partial charge in [-0.1, -0.05) is 13.3 Å². The number of carbonyl (C=O) groups is 1. The lowest BCUT2D eigenvalue weighted by molar-refractivity contribution is -0.126. The molecular weight excluding hydrogens is 288 g/mol. The van der Waals surface area contributed by atoms with Gasteiger partial charge in [-0.3, -0.25) is 4.79 Å². The molecule has 0 aromatic carbocycles. The van der Waals surface area contributed by atoms with Crippen molar-refractivity contribution >= 4 is 18.3 Å². The Morgan fingerprint density at radius 1 is 1.33 bits per heavy atom. The van der Waals surface area contributed by atoms with Crippen molar-refractivity contribution in [1.82, 2.24) is 10.6 Å². The Bertz CT molecular complexity index is 311. The molecule has 1 unspecified atom stereocenters. The molecule has 2 N–H and O–H groups in total. The largest absolute Gasteiger partial charge is 0.383 e. The lowest BCUT2D eigenvalue weighted by atomic mass is 9.80. The SMILES string of the molecule is CCC1CCC(C(=O)NCC2(COC)CCCN2)CC1.Cl. The lowest BCUT2D eigenvalue weighted by Crippen LogP contribution is -2.53. The first-order chi connectivity index (χ1) is 9.69. The van der Waals surface area contributed by atoms with Crippen molar-refractivity contribution < 1.29 is 9.53 Å². The van der Waals surface area contributed by atoms with E-state index in [0.717, 1.165) is 31.7 Å². The highest BCUT2D eigenvalue weighted by Gasteiger charge is 2.34. The molecule has 1 saturated heterocycles. The first-order valence-electron chi connectivity index (χ1n) is 8.21. The summed E-state index contributed by atoms with van der Waals surface area (Å²) in [5.74, 6) is 1.33. The lowest BCUT2D eigenvalue weighted by Gasteiger charge is -2.31. The zero-order valence-corrected chi connectivity index (χ0v) is 14.3. The Labute approximate surface area is 135 Å². The molecule has 1 aliphatic carbocycles. The van der Waals surface area contributed by atoms with Crippen LogP contribution < -0.4 is 10.6 Å². The van der Waals surface area contributed by atoms with E-state index in [4.69, 9.17) is 4.74 Å². The molecule has 1 aliphatic heterocycles. The molecule has 21 heavy (non-hydrogen) atoms. The summed E-state index contributed by atoms with van der Waals surface area (Å²) >= 11 is 0. The van der Waals surface area contributed by atoms with Gasteiger partial charge in [0.25, 0.3) is 0 Å². The van der Waals surface area contributed by atoms with Gasteiger partial charge in [0.2, 0.25) is 5.91 Å². The van der Waals surface area contributed by atoms with Gasteiger partial charge < -0.3 is 15.4 Å². The molecule has 0 aromatic heterocycles. The molecule has 1 amide bonds. The van der Waals surface area contributed by atoms with Gasteiger partial charge in [-0.15, -0.1) is 12.4 Å². The molecular formula is C16H31ClN2O2. The second kappa shape index (κ2) is 8.96. The van der Waals surface area contributed by atoms with Gasteiger partial charge in [-0.2, -0.15) is 0 Å². The maximum atomic E-state index is 12.3. The van der Waals surface area contributed by atoms with Gasteiger partial charge in [0.05, 0.1) is 12.1 Å². The molecule has 5 heteroatoms. The van der Waals surface area contributed by atoms with Gasteiger partial charge in [0, 0.05) is 19.6 Å². The van der Waals surface area contributed by atoms with Crippen molar-refractivity contribution in [2.24, 2.45) is 11.8 Å². The molecule has 124 valence electrons. The Kier molecular flexibility index (Phi) is 7.99. The minimum Gasteiger partial charge on any atom is -0.383 e. The summed E-state index contributed by atoms with van der Waals surface area (Å²) in [6, 6.07) is 0. The third-order valence-corrected chi connectivity index (χ3v) is 5.15. The second-order valence-electron chi connectivity index (χ2n) is 6.59. The number of halogens is 1. The molecule has 2 fully saturated rings. The Morgan fingerprint density at radius 2 is 2.05 bits per heavy atom. The normalized spacial score (nSPS) is 32.5. The summed E-state index contributed by atoms with van der Waals surface area (Å²) in [4.78, 5) is 12.3. The van der Waals surface area contributed by atoms with Crippen LogP contribution in [0.2, 0.25) is 0 Å². The van der Waals surface area contributed by atoms with Gasteiger partial charge in [-0.25, -0.2) is 0 Å². The van der Waals surface area contributed by atoms with Crippen LogP contribution in [0, 0.1) is 11.8 Å². The highest BCUT2D eigenvalue weighted by atomic mass is 35.5. The van der Waals surface area contributed by atoms with Crippen LogP contribution in [-0.4, -0.2) is 38.3 Å². The van der Waals surface area contributed by atoms with E-state index in [1.54, 1.807) is 7.11 Å². The van der Waals surface area contributed by atoms with Crippen molar-refractivity contribution in [1.29, 1.82) is 0 Å². The summed E-state index contributed by atoms with van der Waals surface area (Å²) in [7, 11) is 1.73. The van der Waals surface area contributed by atoms with Crippen molar-refractivity contribution in [3.05, 3.63) is 0 Å². The van der Waals surface area contributed by atoms with Crippen LogP contribution in [0.3, 0.4) is 0 Å². The van der Waals surface area contributed by atoms with Crippen LogP contribution in [-0.2, 0) is 9.53 Å². The van der Waals surface area contributed by atoms with E-state index in [1.165, 1.54) is 25.7 Å². The third kappa shape index (κ3) is 5.11. The minimum atomic E-state index is -0.0367. The maximum absolute atomic E-state index is 12.3. The standard InChI is InChI=1S/C16H30N2O2.ClH/c1-3-13-5-7-14(8-6-13)15(19)17-11-16(12-20-2)9-4-10-18-16;/h13-14,18H,3-12H2,1-2H3,(H,17,19);1H. The smallest absolute Gasteiger partial charge is 0.223 e. The number of rotatable bonds is 6. The Balaban J connectivity index is 0.00000220. The second-order valence-corrected chi connectivity index (χ2v) is 6.59. The summed E-state index contributed by atoms with van der Waals surface area (Å²) in [5, 5.41) is 6.68. The fourth-order valence-electron chi connectivity index (χ4n) is 3.70. The van der Waals surface area contributed by atoms with Crippen LogP contribution in [0.25, 0.3) is 0 Å². The number of carbonyl (C=O) groups excluding carboxylic acids is 1. The fraction of sp³-hybridized carbons (Fsp3) is 0.938. The van der Waals surface area contributed by atoms with E-state index >= 15 is 0 Å². The fourth-order valence-corrected chi connectivity index (χ4v) is 3.70. The maximum Gasteiger partial charge on any atom is 0.223 e. The zero-order chi connectivity index (χ0) is 14.4. The molecule has 1 heterocycles. The van der Waals surface area contributed by atoms with Crippen LogP contribution >= 0.6 is 12.4 Å². The molecule has 0 bridgehead atoms. The van der Waals surface area contributed by atoms with Crippen LogP contribution in [0.5, 0.6) is 0 Å². The average molecular weight is 319 g/mol. The van der Waals surface area contributed by atoms with Gasteiger partial charge >= 0.3 is 0 Å². The Morgan fingerprint density at radius 3 is 2.57 bits per heavy atom. The summed E-state index contributed by atoms with van der Waals surface area (Å²) in [6.07, 6.45) is 8.08. The monoisotopic (exact) mass is 318 g/mol. The highest BCUT2D eigenvalue weighted by molar-refractivity contribution is 5.85. The van der Waals surface area contributed by atoms with Crippen molar-refractivity contribution in [2.75, 3.05) is 26.8 Å². The number of amides is 1. The minimum absolute atomic E-state index is 0. The molecule has 0 spiro atoms. The summed E-state index contributed by atoms with van der Waals surface area (Å²) < 4.78 is 5.32. The van der Waals surface area contributed by atoms with E-state index < -0.39 is 0 Å². The zero-order valence-electron chi connectivity index (χ0n) is 13.5.